The highest BCUT2D eigenvalue weighted by Crippen LogP contribution is 2.48. The van der Waals surface area contributed by atoms with Crippen LogP contribution in [0.4, 0.5) is 11.4 Å². The van der Waals surface area contributed by atoms with Crippen LogP contribution in [0, 0.1) is 5.92 Å². The van der Waals surface area contributed by atoms with Crippen LogP contribution in [0.3, 0.4) is 0 Å². The van der Waals surface area contributed by atoms with Crippen LogP contribution in [0.2, 0.25) is 5.02 Å². The van der Waals surface area contributed by atoms with Crippen molar-refractivity contribution in [3.8, 4) is 11.5 Å². The number of thioether (sulfide) groups is 1. The average Bonchev–Trinajstić information content (AvgIpc) is 3.06. The zero-order valence-corrected chi connectivity index (χ0v) is 20.8. The molecule has 0 amide bonds. The van der Waals surface area contributed by atoms with Crippen molar-refractivity contribution in [3.05, 3.63) is 113 Å². The maximum Gasteiger partial charge on any atom is 0.119 e. The Morgan fingerprint density at radius 2 is 1.63 bits per heavy atom. The monoisotopic (exact) mass is 500 g/mol. The summed E-state index contributed by atoms with van der Waals surface area (Å²) in [6.45, 7) is 0.667. The number of halogens is 1. The average molecular weight is 501 g/mol. The van der Waals surface area contributed by atoms with Gasteiger partial charge in [0.05, 0.1) is 18.5 Å². The first-order valence-corrected chi connectivity index (χ1v) is 12.6. The number of anilines is 1. The number of aliphatic imine (C=N–C) groups is 1. The number of para-hydroxylation sites is 1. The molecule has 4 aromatic carbocycles. The Hall–Kier alpha value is -3.41. The number of benzene rings is 4. The number of rotatable bonds is 6. The molecule has 2 unspecified atom stereocenters. The second-order valence-corrected chi connectivity index (χ2v) is 9.94. The standard InChI is InChI=1S/C29H25ClN2O2S/c1-34-24-16-12-22(13-17-24)31-18-25-28(19-8-14-23(33)15-9-19)32-26-4-2-3-5-27(26)35-29(25)20-6-10-21(30)11-7-20/h2-17,25,29,31,33H,18H2,1H3. The zero-order valence-electron chi connectivity index (χ0n) is 19.2. The Kier molecular flexibility index (Phi) is 6.98. The predicted molar refractivity (Wildman–Crippen MR) is 146 cm³/mol. The number of fused-ring (bicyclic) bond motifs is 1. The van der Waals surface area contributed by atoms with E-state index in [9.17, 15) is 5.11 Å². The topological polar surface area (TPSA) is 53.8 Å². The number of phenols is 1. The molecule has 176 valence electrons. The summed E-state index contributed by atoms with van der Waals surface area (Å²) in [5.41, 5.74) is 5.11. The van der Waals surface area contributed by atoms with Crippen LogP contribution in [0.5, 0.6) is 11.5 Å². The lowest BCUT2D eigenvalue weighted by molar-refractivity contribution is 0.415. The summed E-state index contributed by atoms with van der Waals surface area (Å²) < 4.78 is 5.30. The van der Waals surface area contributed by atoms with Gasteiger partial charge in [0.1, 0.15) is 11.5 Å². The fourth-order valence-electron chi connectivity index (χ4n) is 4.23. The molecule has 0 spiro atoms. The molecule has 6 heteroatoms. The lowest BCUT2D eigenvalue weighted by Crippen LogP contribution is -2.28. The molecule has 0 radical (unpaired) electrons. The Morgan fingerprint density at radius 3 is 2.34 bits per heavy atom. The molecule has 4 aromatic rings. The summed E-state index contributed by atoms with van der Waals surface area (Å²) in [5, 5.41) is 14.3. The van der Waals surface area contributed by atoms with Crippen LogP contribution in [0.1, 0.15) is 16.4 Å². The number of methoxy groups -OCH3 is 1. The lowest BCUT2D eigenvalue weighted by Gasteiger charge is -2.28. The number of nitrogens with one attached hydrogen (secondary N) is 1. The van der Waals surface area contributed by atoms with Crippen molar-refractivity contribution in [1.29, 1.82) is 0 Å². The lowest BCUT2D eigenvalue weighted by atomic mass is 9.89. The van der Waals surface area contributed by atoms with Crippen molar-refractivity contribution in [2.45, 2.75) is 10.1 Å². The van der Waals surface area contributed by atoms with Crippen molar-refractivity contribution in [1.82, 2.24) is 0 Å². The molecule has 35 heavy (non-hydrogen) atoms. The van der Waals surface area contributed by atoms with Gasteiger partial charge in [0.25, 0.3) is 0 Å². The molecule has 2 N–H and O–H groups in total. The van der Waals surface area contributed by atoms with E-state index in [0.29, 0.717) is 11.6 Å². The molecule has 0 saturated heterocycles. The summed E-state index contributed by atoms with van der Waals surface area (Å²) >= 11 is 8.05. The van der Waals surface area contributed by atoms with E-state index in [1.807, 2.05) is 66.4 Å². The molecule has 2 atom stereocenters. The van der Waals surface area contributed by atoms with Crippen LogP contribution in [0.25, 0.3) is 0 Å². The highest BCUT2D eigenvalue weighted by Gasteiger charge is 2.33. The molecule has 1 aliphatic rings. The van der Waals surface area contributed by atoms with Gasteiger partial charge >= 0.3 is 0 Å². The fourth-order valence-corrected chi connectivity index (χ4v) is 5.70. The molecule has 0 bridgehead atoms. The first-order valence-electron chi connectivity index (χ1n) is 11.4. The number of hydrogen-bond donors (Lipinski definition) is 2. The summed E-state index contributed by atoms with van der Waals surface area (Å²) in [5.74, 6) is 1.08. The van der Waals surface area contributed by atoms with Crippen molar-refractivity contribution in [2.24, 2.45) is 10.9 Å². The SMILES string of the molecule is COc1ccc(NCC2C(c3ccc(O)cc3)=Nc3ccccc3SC2c2ccc(Cl)cc2)cc1. The van der Waals surface area contributed by atoms with Crippen LogP contribution < -0.4 is 10.1 Å². The number of hydrogen-bond acceptors (Lipinski definition) is 5. The van der Waals surface area contributed by atoms with Crippen LogP contribution in [-0.2, 0) is 0 Å². The fraction of sp³-hybridized carbons (Fsp3) is 0.138. The molecule has 0 saturated carbocycles. The third-order valence-corrected chi connectivity index (χ3v) is 7.76. The van der Waals surface area contributed by atoms with E-state index >= 15 is 0 Å². The van der Waals surface area contributed by atoms with Gasteiger partial charge in [0.15, 0.2) is 0 Å². The van der Waals surface area contributed by atoms with E-state index in [4.69, 9.17) is 21.3 Å². The Morgan fingerprint density at radius 1 is 0.914 bits per heavy atom. The smallest absolute Gasteiger partial charge is 0.119 e. The third-order valence-electron chi connectivity index (χ3n) is 6.05. The summed E-state index contributed by atoms with van der Waals surface area (Å²) in [4.78, 5) is 6.32. The first kappa shape index (κ1) is 23.3. The van der Waals surface area contributed by atoms with Gasteiger partial charge in [-0.2, -0.15) is 0 Å². The molecule has 4 nitrogen and oxygen atoms in total. The maximum absolute atomic E-state index is 9.91. The molecule has 0 aromatic heterocycles. The molecular formula is C29H25ClN2O2S. The van der Waals surface area contributed by atoms with Gasteiger partial charge in [0, 0.05) is 33.3 Å². The minimum absolute atomic E-state index is 0.0280. The van der Waals surface area contributed by atoms with Crippen molar-refractivity contribution < 1.29 is 9.84 Å². The second-order valence-electron chi connectivity index (χ2n) is 8.32. The Bertz CT molecular complexity index is 1320. The summed E-state index contributed by atoms with van der Waals surface area (Å²) in [7, 11) is 1.67. The number of aromatic hydroxyl groups is 1. The van der Waals surface area contributed by atoms with Gasteiger partial charge in [-0.25, -0.2) is 0 Å². The molecule has 0 aliphatic carbocycles. The maximum atomic E-state index is 9.91. The van der Waals surface area contributed by atoms with E-state index in [1.54, 1.807) is 19.2 Å². The predicted octanol–water partition coefficient (Wildman–Crippen LogP) is 7.75. The number of nitrogens with zero attached hydrogens (tertiary/aromatic N) is 1. The molecule has 1 aliphatic heterocycles. The minimum atomic E-state index is 0.0280. The normalized spacial score (nSPS) is 17.1. The van der Waals surface area contributed by atoms with E-state index in [1.165, 1.54) is 5.56 Å². The van der Waals surface area contributed by atoms with Gasteiger partial charge in [-0.1, -0.05) is 35.9 Å². The van der Waals surface area contributed by atoms with Crippen molar-refractivity contribution in [3.63, 3.8) is 0 Å². The first-order chi connectivity index (χ1) is 17.1. The van der Waals surface area contributed by atoms with E-state index < -0.39 is 0 Å². The number of phenolic OH excluding ortho intramolecular Hbond substituents is 1. The number of ether oxygens (including phenoxy) is 1. The van der Waals surface area contributed by atoms with Gasteiger partial charge in [-0.15, -0.1) is 11.8 Å². The van der Waals surface area contributed by atoms with Gasteiger partial charge in [-0.05, 0) is 83.9 Å². The quantitative estimate of drug-likeness (QED) is 0.284. The molecule has 0 fully saturated rings. The van der Waals surface area contributed by atoms with Gasteiger partial charge < -0.3 is 15.2 Å². The highest BCUT2D eigenvalue weighted by molar-refractivity contribution is 7.99. The van der Waals surface area contributed by atoms with Gasteiger partial charge in [0.2, 0.25) is 0 Å². The van der Waals surface area contributed by atoms with E-state index in [2.05, 4.69) is 35.6 Å². The van der Waals surface area contributed by atoms with Crippen LogP contribution in [-0.4, -0.2) is 24.5 Å². The van der Waals surface area contributed by atoms with Crippen molar-refractivity contribution in [2.75, 3.05) is 19.0 Å². The molecule has 1 heterocycles. The third kappa shape index (κ3) is 5.31. The Labute approximate surface area is 214 Å². The van der Waals surface area contributed by atoms with Crippen LogP contribution >= 0.6 is 23.4 Å². The van der Waals surface area contributed by atoms with Crippen molar-refractivity contribution >= 4 is 40.4 Å². The second kappa shape index (κ2) is 10.5. The van der Waals surface area contributed by atoms with Crippen LogP contribution in [0.15, 0.2) is 107 Å². The zero-order chi connectivity index (χ0) is 24.2. The summed E-state index contributed by atoms with van der Waals surface area (Å²) in [6, 6.07) is 31.6. The molecular weight excluding hydrogens is 476 g/mol. The van der Waals surface area contributed by atoms with E-state index in [-0.39, 0.29) is 16.9 Å². The molecule has 5 rings (SSSR count). The summed E-state index contributed by atoms with van der Waals surface area (Å²) in [6.07, 6.45) is 0. The highest BCUT2D eigenvalue weighted by atomic mass is 35.5. The largest absolute Gasteiger partial charge is 0.508 e. The van der Waals surface area contributed by atoms with Gasteiger partial charge in [-0.3, -0.25) is 4.99 Å². The Balaban J connectivity index is 1.59. The van der Waals surface area contributed by atoms with E-state index in [0.717, 1.165) is 33.3 Å². The minimum Gasteiger partial charge on any atom is -0.508 e.